The molecule has 110 valence electrons. The van der Waals surface area contributed by atoms with E-state index < -0.39 is 0 Å². The number of ether oxygens (including phenoxy) is 2. The lowest BCUT2D eigenvalue weighted by Gasteiger charge is -2.21. The van der Waals surface area contributed by atoms with Gasteiger partial charge in [-0.3, -0.25) is 0 Å². The van der Waals surface area contributed by atoms with Gasteiger partial charge in [-0.25, -0.2) is 9.48 Å². The van der Waals surface area contributed by atoms with E-state index >= 15 is 0 Å². The molecule has 1 aliphatic rings. The van der Waals surface area contributed by atoms with Crippen molar-refractivity contribution in [1.29, 1.82) is 0 Å². The Bertz CT molecular complexity index is 589. The van der Waals surface area contributed by atoms with Crippen molar-refractivity contribution in [2.24, 2.45) is 0 Å². The third kappa shape index (κ3) is 3.49. The number of benzene rings is 1. The molecule has 2 heterocycles. The van der Waals surface area contributed by atoms with Gasteiger partial charge in [0.15, 0.2) is 0 Å². The predicted molar refractivity (Wildman–Crippen MR) is 77.4 cm³/mol. The molecule has 1 fully saturated rings. The number of carbonyl (C=O) groups is 1. The summed E-state index contributed by atoms with van der Waals surface area (Å²) in [4.78, 5) is 12.0. The molecule has 5 nitrogen and oxygen atoms in total. The van der Waals surface area contributed by atoms with Gasteiger partial charge in [-0.2, -0.15) is 5.10 Å². The lowest BCUT2D eigenvalue weighted by Crippen LogP contribution is -2.25. The SMILES string of the molecule is O=C(OCC1CCCCO1)c1cnn(-c2ccccc2)c1. The Labute approximate surface area is 123 Å². The van der Waals surface area contributed by atoms with Gasteiger partial charge < -0.3 is 9.47 Å². The topological polar surface area (TPSA) is 53.4 Å². The van der Waals surface area contributed by atoms with Crippen LogP contribution in [-0.2, 0) is 9.47 Å². The molecule has 0 saturated carbocycles. The summed E-state index contributed by atoms with van der Waals surface area (Å²) in [7, 11) is 0. The Kier molecular flexibility index (Phi) is 4.31. The van der Waals surface area contributed by atoms with Crippen molar-refractivity contribution < 1.29 is 14.3 Å². The van der Waals surface area contributed by atoms with Gasteiger partial charge in [-0.15, -0.1) is 0 Å². The predicted octanol–water partition coefficient (Wildman–Crippen LogP) is 2.60. The Morgan fingerprint density at radius 1 is 1.33 bits per heavy atom. The van der Waals surface area contributed by atoms with E-state index in [9.17, 15) is 4.79 Å². The maximum absolute atomic E-state index is 12.0. The van der Waals surface area contributed by atoms with Gasteiger partial charge in [0.1, 0.15) is 6.61 Å². The van der Waals surface area contributed by atoms with Crippen molar-refractivity contribution in [3.8, 4) is 5.69 Å². The molecule has 1 aromatic carbocycles. The van der Waals surface area contributed by atoms with Crippen LogP contribution in [0.2, 0.25) is 0 Å². The third-order valence-electron chi connectivity index (χ3n) is 3.51. The van der Waals surface area contributed by atoms with Crippen LogP contribution < -0.4 is 0 Å². The zero-order valence-electron chi connectivity index (χ0n) is 11.8. The van der Waals surface area contributed by atoms with Crippen LogP contribution in [0.4, 0.5) is 0 Å². The van der Waals surface area contributed by atoms with Crippen LogP contribution in [0.5, 0.6) is 0 Å². The Hall–Kier alpha value is -2.14. The average Bonchev–Trinajstić information content (AvgIpc) is 3.04. The molecular weight excluding hydrogens is 268 g/mol. The molecule has 0 spiro atoms. The van der Waals surface area contributed by atoms with Gasteiger partial charge in [0.2, 0.25) is 0 Å². The zero-order valence-corrected chi connectivity index (χ0v) is 11.8. The van der Waals surface area contributed by atoms with E-state index in [2.05, 4.69) is 5.10 Å². The second kappa shape index (κ2) is 6.54. The van der Waals surface area contributed by atoms with Gasteiger partial charge in [0.05, 0.1) is 23.6 Å². The second-order valence-corrected chi connectivity index (χ2v) is 5.10. The van der Waals surface area contributed by atoms with Crippen LogP contribution in [0.25, 0.3) is 5.69 Å². The molecule has 0 N–H and O–H groups in total. The van der Waals surface area contributed by atoms with Crippen LogP contribution in [-0.4, -0.2) is 35.1 Å². The molecule has 1 aliphatic heterocycles. The highest BCUT2D eigenvalue weighted by Gasteiger charge is 2.17. The number of nitrogens with zero attached hydrogens (tertiary/aromatic N) is 2. The molecule has 2 aromatic rings. The summed E-state index contributed by atoms with van der Waals surface area (Å²) < 4.78 is 12.5. The summed E-state index contributed by atoms with van der Waals surface area (Å²) in [5.74, 6) is -0.355. The Balaban J connectivity index is 1.59. The Morgan fingerprint density at radius 2 is 2.19 bits per heavy atom. The molecule has 0 amide bonds. The molecule has 21 heavy (non-hydrogen) atoms. The first-order valence-electron chi connectivity index (χ1n) is 7.22. The normalized spacial score (nSPS) is 18.4. The van der Waals surface area contributed by atoms with Crippen molar-refractivity contribution in [3.63, 3.8) is 0 Å². The first-order chi connectivity index (χ1) is 10.3. The van der Waals surface area contributed by atoms with Crippen molar-refractivity contribution >= 4 is 5.97 Å². The fraction of sp³-hybridized carbons (Fsp3) is 0.375. The fourth-order valence-electron chi connectivity index (χ4n) is 2.34. The van der Waals surface area contributed by atoms with Gasteiger partial charge >= 0.3 is 5.97 Å². The van der Waals surface area contributed by atoms with Crippen LogP contribution in [0.1, 0.15) is 29.6 Å². The first-order valence-corrected chi connectivity index (χ1v) is 7.22. The average molecular weight is 286 g/mol. The monoisotopic (exact) mass is 286 g/mol. The molecule has 1 unspecified atom stereocenters. The van der Waals surface area contributed by atoms with E-state index in [4.69, 9.17) is 9.47 Å². The van der Waals surface area contributed by atoms with Gasteiger partial charge in [-0.05, 0) is 31.4 Å². The summed E-state index contributed by atoms with van der Waals surface area (Å²) in [6.07, 6.45) is 6.42. The zero-order chi connectivity index (χ0) is 14.5. The smallest absolute Gasteiger partial charge is 0.341 e. The number of aromatic nitrogens is 2. The highest BCUT2D eigenvalue weighted by atomic mass is 16.6. The Morgan fingerprint density at radius 3 is 2.95 bits per heavy atom. The molecular formula is C16H18N2O3. The molecule has 0 aliphatic carbocycles. The summed E-state index contributed by atoms with van der Waals surface area (Å²) >= 11 is 0. The molecule has 1 saturated heterocycles. The van der Waals surface area contributed by atoms with Crippen LogP contribution in [0.15, 0.2) is 42.7 Å². The number of hydrogen-bond acceptors (Lipinski definition) is 4. The lowest BCUT2D eigenvalue weighted by molar-refractivity contribution is -0.0300. The quantitative estimate of drug-likeness (QED) is 0.811. The molecule has 3 rings (SSSR count). The minimum Gasteiger partial charge on any atom is -0.459 e. The molecule has 0 bridgehead atoms. The minimum atomic E-state index is -0.355. The van der Waals surface area contributed by atoms with Crippen molar-refractivity contribution in [3.05, 3.63) is 48.3 Å². The number of hydrogen-bond donors (Lipinski definition) is 0. The largest absolute Gasteiger partial charge is 0.459 e. The maximum Gasteiger partial charge on any atom is 0.341 e. The van der Waals surface area contributed by atoms with Crippen molar-refractivity contribution in [2.45, 2.75) is 25.4 Å². The van der Waals surface area contributed by atoms with E-state index in [1.165, 1.54) is 6.20 Å². The van der Waals surface area contributed by atoms with Gasteiger partial charge in [-0.1, -0.05) is 18.2 Å². The van der Waals surface area contributed by atoms with Gasteiger partial charge in [0, 0.05) is 12.8 Å². The maximum atomic E-state index is 12.0. The summed E-state index contributed by atoms with van der Waals surface area (Å²) in [6.45, 7) is 1.07. The van der Waals surface area contributed by atoms with Crippen molar-refractivity contribution in [1.82, 2.24) is 9.78 Å². The first kappa shape index (κ1) is 13.8. The highest BCUT2D eigenvalue weighted by molar-refractivity contribution is 5.88. The second-order valence-electron chi connectivity index (χ2n) is 5.10. The van der Waals surface area contributed by atoms with Gasteiger partial charge in [0.25, 0.3) is 0 Å². The summed E-state index contributed by atoms with van der Waals surface area (Å²) in [6, 6.07) is 9.65. The van der Waals surface area contributed by atoms with Crippen LogP contribution in [0.3, 0.4) is 0 Å². The molecule has 0 radical (unpaired) electrons. The number of rotatable bonds is 4. The fourth-order valence-corrected chi connectivity index (χ4v) is 2.34. The van der Waals surface area contributed by atoms with E-state index in [0.717, 1.165) is 31.6 Å². The van der Waals surface area contributed by atoms with E-state index in [1.807, 2.05) is 30.3 Å². The summed E-state index contributed by atoms with van der Waals surface area (Å²) in [5.41, 5.74) is 1.36. The third-order valence-corrected chi connectivity index (χ3v) is 3.51. The van der Waals surface area contributed by atoms with Crippen LogP contribution >= 0.6 is 0 Å². The molecule has 1 aromatic heterocycles. The minimum absolute atomic E-state index is 0.0341. The number of para-hydroxylation sites is 1. The lowest BCUT2D eigenvalue weighted by atomic mass is 10.1. The van der Waals surface area contributed by atoms with E-state index in [1.54, 1.807) is 10.9 Å². The van der Waals surface area contributed by atoms with Crippen molar-refractivity contribution in [2.75, 3.05) is 13.2 Å². The van der Waals surface area contributed by atoms with E-state index in [0.29, 0.717) is 12.2 Å². The standard InChI is InChI=1S/C16H18N2O3/c19-16(21-12-15-8-4-5-9-20-15)13-10-17-18(11-13)14-6-2-1-3-7-14/h1-3,6-7,10-11,15H,4-5,8-9,12H2. The molecule has 1 atom stereocenters. The van der Waals surface area contributed by atoms with E-state index in [-0.39, 0.29) is 12.1 Å². The molecule has 5 heteroatoms. The highest BCUT2D eigenvalue weighted by Crippen LogP contribution is 2.14. The summed E-state index contributed by atoms with van der Waals surface area (Å²) in [5, 5.41) is 4.19. The number of carbonyl (C=O) groups excluding carboxylic acids is 1. The van der Waals surface area contributed by atoms with Crippen LogP contribution in [0, 0.1) is 0 Å². The number of esters is 1.